The van der Waals surface area contributed by atoms with Gasteiger partial charge in [0, 0.05) is 105 Å². The van der Waals surface area contributed by atoms with Crippen molar-refractivity contribution in [1.82, 2.24) is 42.8 Å². The van der Waals surface area contributed by atoms with Crippen molar-refractivity contribution < 1.29 is 0 Å². The maximum absolute atomic E-state index is 6.05. The fourth-order valence-electron chi connectivity index (χ4n) is 15.1. The summed E-state index contributed by atoms with van der Waals surface area (Å²) >= 11 is 0. The molecule has 0 bridgehead atoms. The van der Waals surface area contributed by atoms with Crippen molar-refractivity contribution in [3.8, 4) is 51.0 Å². The van der Waals surface area contributed by atoms with Gasteiger partial charge in [-0.1, -0.05) is 206 Å². The van der Waals surface area contributed by atoms with Gasteiger partial charge in [0.1, 0.15) is 11.0 Å². The summed E-state index contributed by atoms with van der Waals surface area (Å²) in [5.41, 5.74) is 21.8. The monoisotopic (exact) mass is 1160 g/mol. The lowest BCUT2D eigenvalue weighted by Gasteiger charge is -2.31. The van der Waals surface area contributed by atoms with E-state index in [-0.39, 0.29) is 0 Å². The Morgan fingerprint density at radius 2 is 0.549 bits per heavy atom. The molecule has 0 aliphatic rings. The molecule has 0 aliphatic carbocycles. The molecule has 0 aliphatic heterocycles. The summed E-state index contributed by atoms with van der Waals surface area (Å²) in [6.07, 6.45) is 3.80. The van der Waals surface area contributed by atoms with E-state index in [0.717, 1.165) is 144 Å². The second-order valence-corrected chi connectivity index (χ2v) is 23.6. The van der Waals surface area contributed by atoms with Gasteiger partial charge in [0.05, 0.1) is 74.6 Å². The fourth-order valence-corrected chi connectivity index (χ4v) is 15.1. The second-order valence-electron chi connectivity index (χ2n) is 23.6. The standard InChI is InChI=1S/C82H53N9/c1-3-25-52(26-4-1)64-49-65(86-82(85-64)53-27-5-2-6-28-53)76-80(89-70-41-19-11-33-58(70)59-34-12-20-42-71(59)89)62(50-87-66-37-15-7-29-54(66)55-30-8-16-38-67(55)87)79(91-74-45-23-47-83-77(74)78-75(91)46-24-48-84-78)63(51-88-68-39-17-9-31-56(68)57-32-10-18-40-69(57)88)81(76)90-72-43-21-13-35-60(72)61-36-14-22-44-73(61)90/h1-49H,50-51H2. The van der Waals surface area contributed by atoms with Crippen LogP contribution in [0.3, 0.4) is 0 Å². The number of hydrogen-bond donors (Lipinski definition) is 0. The van der Waals surface area contributed by atoms with Gasteiger partial charge in [-0.15, -0.1) is 0 Å². The number of fused-ring (bicyclic) bond motifs is 15. The molecule has 11 aromatic carbocycles. The van der Waals surface area contributed by atoms with Gasteiger partial charge in [0.25, 0.3) is 0 Å². The molecule has 19 aromatic rings. The van der Waals surface area contributed by atoms with Crippen LogP contribution >= 0.6 is 0 Å². The van der Waals surface area contributed by atoms with Crippen LogP contribution in [0.1, 0.15) is 11.1 Å². The molecule has 0 saturated heterocycles. The lowest BCUT2D eigenvalue weighted by molar-refractivity contribution is 0.816. The number of hydrogen-bond acceptors (Lipinski definition) is 4. The maximum Gasteiger partial charge on any atom is 0.160 e. The Morgan fingerprint density at radius 3 is 0.934 bits per heavy atom. The first-order valence-corrected chi connectivity index (χ1v) is 31.0. The Morgan fingerprint density at radius 1 is 0.253 bits per heavy atom. The molecule has 19 rings (SSSR count). The molecule has 9 nitrogen and oxygen atoms in total. The van der Waals surface area contributed by atoms with E-state index >= 15 is 0 Å². The van der Waals surface area contributed by atoms with Crippen molar-refractivity contribution in [2.24, 2.45) is 0 Å². The van der Waals surface area contributed by atoms with Gasteiger partial charge in [0.2, 0.25) is 0 Å². The number of para-hydroxylation sites is 8. The molecule has 0 fully saturated rings. The third-order valence-electron chi connectivity index (χ3n) is 18.8. The van der Waals surface area contributed by atoms with Crippen molar-refractivity contribution in [1.29, 1.82) is 0 Å². The minimum atomic E-state index is 0.421. The topological polar surface area (TPSA) is 76.2 Å². The zero-order chi connectivity index (χ0) is 59.7. The number of nitrogens with zero attached hydrogens (tertiary/aromatic N) is 9. The predicted octanol–water partition coefficient (Wildman–Crippen LogP) is 19.9. The predicted molar refractivity (Wildman–Crippen MR) is 374 cm³/mol. The average Bonchev–Trinajstić information content (AvgIpc) is 1.65. The first-order chi connectivity index (χ1) is 45.2. The third kappa shape index (κ3) is 7.65. The van der Waals surface area contributed by atoms with Crippen LogP contribution in [0.5, 0.6) is 0 Å². The smallest absolute Gasteiger partial charge is 0.160 e. The van der Waals surface area contributed by atoms with E-state index in [1.54, 1.807) is 0 Å². The summed E-state index contributed by atoms with van der Waals surface area (Å²) in [6, 6.07) is 103. The number of aromatic nitrogens is 9. The highest BCUT2D eigenvalue weighted by molar-refractivity contribution is 6.15. The molecule has 0 radical (unpaired) electrons. The van der Waals surface area contributed by atoms with Gasteiger partial charge in [-0.25, -0.2) is 9.97 Å². The molecule has 0 unspecified atom stereocenters. The number of benzene rings is 11. The van der Waals surface area contributed by atoms with Crippen molar-refractivity contribution in [2.75, 3.05) is 0 Å². The van der Waals surface area contributed by atoms with Gasteiger partial charge >= 0.3 is 0 Å². The van der Waals surface area contributed by atoms with Crippen LogP contribution in [-0.4, -0.2) is 42.8 Å². The van der Waals surface area contributed by atoms with Crippen LogP contribution in [0.4, 0.5) is 0 Å². The molecular formula is C82H53N9. The Bertz CT molecular complexity index is 5580. The minimum Gasteiger partial charge on any atom is -0.336 e. The summed E-state index contributed by atoms with van der Waals surface area (Å²) < 4.78 is 12.8. The van der Waals surface area contributed by atoms with Crippen molar-refractivity contribution in [3.05, 3.63) is 309 Å². The maximum atomic E-state index is 6.05. The zero-order valence-corrected chi connectivity index (χ0v) is 49.2. The van der Waals surface area contributed by atoms with Crippen LogP contribution in [0, 0.1) is 0 Å². The minimum absolute atomic E-state index is 0.421. The summed E-state index contributed by atoms with van der Waals surface area (Å²) in [5, 5.41) is 9.32. The summed E-state index contributed by atoms with van der Waals surface area (Å²) in [5.74, 6) is 0.620. The molecular weight excluding hydrogens is 1110 g/mol. The summed E-state index contributed by atoms with van der Waals surface area (Å²) in [6.45, 7) is 0.841. The highest BCUT2D eigenvalue weighted by atomic mass is 15.1. The average molecular weight is 1160 g/mol. The first kappa shape index (κ1) is 50.9. The van der Waals surface area contributed by atoms with Gasteiger partial charge < -0.3 is 22.8 Å². The molecule has 426 valence electrons. The zero-order valence-electron chi connectivity index (χ0n) is 49.2. The van der Waals surface area contributed by atoms with Gasteiger partial charge in [-0.3, -0.25) is 9.97 Å². The van der Waals surface area contributed by atoms with E-state index in [1.165, 1.54) is 21.5 Å². The summed E-state index contributed by atoms with van der Waals surface area (Å²) in [7, 11) is 0. The van der Waals surface area contributed by atoms with E-state index in [0.29, 0.717) is 18.9 Å². The Balaban J connectivity index is 1.14. The Hall–Kier alpha value is -12.2. The van der Waals surface area contributed by atoms with Crippen LogP contribution in [0.15, 0.2) is 298 Å². The lowest BCUT2D eigenvalue weighted by atomic mass is 9.91. The lowest BCUT2D eigenvalue weighted by Crippen LogP contribution is -2.20. The Kier molecular flexibility index (Phi) is 11.3. The molecule has 8 aromatic heterocycles. The van der Waals surface area contributed by atoms with E-state index < -0.39 is 0 Å². The van der Waals surface area contributed by atoms with Crippen molar-refractivity contribution in [2.45, 2.75) is 13.1 Å². The molecule has 0 atom stereocenters. The number of pyridine rings is 2. The van der Waals surface area contributed by atoms with Crippen molar-refractivity contribution in [3.63, 3.8) is 0 Å². The molecule has 0 N–H and O–H groups in total. The normalized spacial score (nSPS) is 12.0. The molecule has 0 amide bonds. The molecule has 0 saturated carbocycles. The largest absolute Gasteiger partial charge is 0.336 e. The van der Waals surface area contributed by atoms with Crippen LogP contribution < -0.4 is 0 Å². The molecule has 0 spiro atoms. The van der Waals surface area contributed by atoms with E-state index in [9.17, 15) is 0 Å². The van der Waals surface area contributed by atoms with Gasteiger partial charge in [-0.05, 0) is 78.9 Å². The quantitative estimate of drug-likeness (QED) is 0.137. The highest BCUT2D eigenvalue weighted by Crippen LogP contribution is 2.51. The molecule has 91 heavy (non-hydrogen) atoms. The van der Waals surface area contributed by atoms with Crippen LogP contribution in [0.2, 0.25) is 0 Å². The third-order valence-corrected chi connectivity index (χ3v) is 18.8. The number of rotatable bonds is 10. The summed E-state index contributed by atoms with van der Waals surface area (Å²) in [4.78, 5) is 22.1. The molecule has 9 heteroatoms. The molecule has 8 heterocycles. The second kappa shape index (κ2) is 20.2. The fraction of sp³-hybridized carbons (Fsp3) is 0.0244. The van der Waals surface area contributed by atoms with E-state index in [2.05, 4.69) is 308 Å². The van der Waals surface area contributed by atoms with Gasteiger partial charge in [-0.2, -0.15) is 0 Å². The Labute approximate surface area is 521 Å². The van der Waals surface area contributed by atoms with Crippen LogP contribution in [-0.2, 0) is 13.1 Å². The first-order valence-electron chi connectivity index (χ1n) is 31.0. The SMILES string of the molecule is c1ccc(-c2cc(-c3c(-n4c5ccccc5c5ccccc54)c(Cn4c5ccccc5c5ccccc54)c(-n4c5cccnc5c5ncccc54)c(Cn4c5ccccc5c5ccccc54)c3-n3c4ccccc4c4ccccc43)nc(-c3ccccc3)n2)cc1. The van der Waals surface area contributed by atoms with Gasteiger partial charge in [0.15, 0.2) is 5.82 Å². The van der Waals surface area contributed by atoms with Crippen LogP contribution in [0.25, 0.3) is 160 Å². The van der Waals surface area contributed by atoms with E-state index in [1.807, 2.05) is 12.4 Å². The van der Waals surface area contributed by atoms with Crippen molar-refractivity contribution >= 4 is 109 Å². The van der Waals surface area contributed by atoms with E-state index in [4.69, 9.17) is 19.9 Å². The highest BCUT2D eigenvalue weighted by Gasteiger charge is 2.35.